The molecule has 1 saturated carbocycles. The highest BCUT2D eigenvalue weighted by atomic mass is 79.9. The van der Waals surface area contributed by atoms with Gasteiger partial charge in [0.15, 0.2) is 0 Å². The van der Waals surface area contributed by atoms with E-state index in [1.165, 1.54) is 0 Å². The largest absolute Gasteiger partial charge is 0.481 e. The fourth-order valence-corrected chi connectivity index (χ4v) is 2.57. The Labute approximate surface area is 132 Å². The third-order valence-corrected chi connectivity index (χ3v) is 3.83. The van der Waals surface area contributed by atoms with Crippen molar-refractivity contribution in [1.29, 1.82) is 0 Å². The highest BCUT2D eigenvalue weighted by molar-refractivity contribution is 9.10. The predicted octanol–water partition coefficient (Wildman–Crippen LogP) is 2.99. The molecule has 114 valence electrons. The fraction of sp³-hybridized carbons (Fsp3) is 0.467. The molecule has 2 amide bonds. The van der Waals surface area contributed by atoms with Gasteiger partial charge in [-0.05, 0) is 37.0 Å². The minimum Gasteiger partial charge on any atom is -0.481 e. The van der Waals surface area contributed by atoms with Gasteiger partial charge in [-0.1, -0.05) is 28.1 Å². The Balaban J connectivity index is 1.86. The molecule has 0 unspecified atom stereocenters. The summed E-state index contributed by atoms with van der Waals surface area (Å²) in [5.74, 6) is -0.836. The van der Waals surface area contributed by atoms with Crippen molar-refractivity contribution in [3.63, 3.8) is 0 Å². The number of benzene rings is 1. The number of hydrogen-bond donors (Lipinski definition) is 2. The number of carbonyl (C=O) groups excluding carboxylic acids is 1. The summed E-state index contributed by atoms with van der Waals surface area (Å²) in [5, 5.41) is 11.4. The zero-order valence-corrected chi connectivity index (χ0v) is 13.3. The number of nitrogens with zero attached hydrogens (tertiary/aromatic N) is 1. The first-order chi connectivity index (χ1) is 10.1. The van der Waals surface area contributed by atoms with Gasteiger partial charge < -0.3 is 15.3 Å². The molecule has 2 N–H and O–H groups in total. The summed E-state index contributed by atoms with van der Waals surface area (Å²) in [6.07, 6.45) is 2.61. The number of hydrogen-bond acceptors (Lipinski definition) is 2. The standard InChI is InChI=1S/C15H19BrN2O3/c16-12-4-1-3-11(9-12)10-18(13-6-7-13)15(21)17-8-2-5-14(19)20/h1,3-4,9,13H,2,5-8,10H2,(H,17,21)(H,19,20). The third-order valence-electron chi connectivity index (χ3n) is 3.33. The number of amides is 2. The zero-order valence-electron chi connectivity index (χ0n) is 11.7. The topological polar surface area (TPSA) is 69.6 Å². The van der Waals surface area contributed by atoms with Crippen LogP contribution in [0.15, 0.2) is 28.7 Å². The van der Waals surface area contributed by atoms with Crippen LogP contribution < -0.4 is 5.32 Å². The van der Waals surface area contributed by atoms with Crippen LogP contribution in [0.2, 0.25) is 0 Å². The lowest BCUT2D eigenvalue weighted by molar-refractivity contribution is -0.137. The van der Waals surface area contributed by atoms with E-state index in [4.69, 9.17) is 5.11 Å². The molecule has 1 aliphatic carbocycles. The molecule has 0 heterocycles. The average Bonchev–Trinajstić information content (AvgIpc) is 3.25. The molecule has 0 spiro atoms. The van der Waals surface area contributed by atoms with E-state index in [0.29, 0.717) is 25.6 Å². The zero-order chi connectivity index (χ0) is 15.2. The molecule has 0 aromatic heterocycles. The summed E-state index contributed by atoms with van der Waals surface area (Å²) in [6.45, 7) is 0.974. The number of rotatable bonds is 7. The second kappa shape index (κ2) is 7.45. The van der Waals surface area contributed by atoms with Crippen LogP contribution in [0.1, 0.15) is 31.2 Å². The third kappa shape index (κ3) is 5.38. The second-order valence-electron chi connectivity index (χ2n) is 5.22. The number of nitrogens with one attached hydrogen (secondary N) is 1. The van der Waals surface area contributed by atoms with Gasteiger partial charge in [0.25, 0.3) is 0 Å². The Kier molecular flexibility index (Phi) is 5.61. The fourth-order valence-electron chi connectivity index (χ4n) is 2.12. The molecule has 21 heavy (non-hydrogen) atoms. The van der Waals surface area contributed by atoms with E-state index in [1.54, 1.807) is 0 Å². The molecule has 0 saturated heterocycles. The van der Waals surface area contributed by atoms with Crippen molar-refractivity contribution in [3.8, 4) is 0 Å². The quantitative estimate of drug-likeness (QED) is 0.739. The first kappa shape index (κ1) is 15.8. The number of urea groups is 1. The van der Waals surface area contributed by atoms with Gasteiger partial charge >= 0.3 is 12.0 Å². The average molecular weight is 355 g/mol. The summed E-state index contributed by atoms with van der Waals surface area (Å²) in [5.41, 5.74) is 1.08. The monoisotopic (exact) mass is 354 g/mol. The van der Waals surface area contributed by atoms with Crippen LogP contribution in [-0.2, 0) is 11.3 Å². The molecule has 0 aliphatic heterocycles. The first-order valence-corrected chi connectivity index (χ1v) is 7.86. The Morgan fingerprint density at radius 2 is 2.14 bits per heavy atom. The van der Waals surface area contributed by atoms with Crippen molar-refractivity contribution in [3.05, 3.63) is 34.3 Å². The van der Waals surface area contributed by atoms with Gasteiger partial charge in [-0.2, -0.15) is 0 Å². The van der Waals surface area contributed by atoms with Crippen LogP contribution in [0.4, 0.5) is 4.79 Å². The molecule has 5 nitrogen and oxygen atoms in total. The van der Waals surface area contributed by atoms with Crippen LogP contribution >= 0.6 is 15.9 Å². The molecule has 0 atom stereocenters. The maximum absolute atomic E-state index is 12.2. The van der Waals surface area contributed by atoms with Gasteiger partial charge in [0.05, 0.1) is 0 Å². The minimum absolute atomic E-state index is 0.0787. The molecule has 1 aromatic carbocycles. The number of carboxylic acid groups (broad SMARTS) is 1. The van der Waals surface area contributed by atoms with E-state index in [9.17, 15) is 9.59 Å². The van der Waals surface area contributed by atoms with Crippen molar-refractivity contribution in [2.24, 2.45) is 0 Å². The molecule has 0 radical (unpaired) electrons. The van der Waals surface area contributed by atoms with Gasteiger partial charge in [-0.3, -0.25) is 4.79 Å². The normalized spacial score (nSPS) is 13.8. The molecular weight excluding hydrogens is 336 g/mol. The minimum atomic E-state index is -0.836. The summed E-state index contributed by atoms with van der Waals surface area (Å²) in [7, 11) is 0. The van der Waals surface area contributed by atoms with Crippen LogP contribution in [-0.4, -0.2) is 34.6 Å². The second-order valence-corrected chi connectivity index (χ2v) is 6.13. The number of aliphatic carboxylic acids is 1. The predicted molar refractivity (Wildman–Crippen MR) is 83.0 cm³/mol. The Morgan fingerprint density at radius 3 is 2.76 bits per heavy atom. The van der Waals surface area contributed by atoms with E-state index in [1.807, 2.05) is 29.2 Å². The lowest BCUT2D eigenvalue weighted by Crippen LogP contribution is -2.41. The lowest BCUT2D eigenvalue weighted by atomic mass is 10.2. The summed E-state index contributed by atoms with van der Waals surface area (Å²) in [6, 6.07) is 8.11. The number of halogens is 1. The smallest absolute Gasteiger partial charge is 0.317 e. The maximum Gasteiger partial charge on any atom is 0.317 e. The van der Waals surface area contributed by atoms with Gasteiger partial charge in [-0.25, -0.2) is 4.79 Å². The van der Waals surface area contributed by atoms with Crippen molar-refractivity contribution >= 4 is 27.9 Å². The van der Waals surface area contributed by atoms with E-state index in [2.05, 4.69) is 21.2 Å². The van der Waals surface area contributed by atoms with Crippen LogP contribution in [0.5, 0.6) is 0 Å². The molecule has 2 rings (SSSR count). The van der Waals surface area contributed by atoms with E-state index in [-0.39, 0.29) is 12.5 Å². The molecule has 0 bridgehead atoms. The Hall–Kier alpha value is -1.56. The van der Waals surface area contributed by atoms with Gasteiger partial charge in [-0.15, -0.1) is 0 Å². The number of carboxylic acids is 1. The van der Waals surface area contributed by atoms with Gasteiger partial charge in [0.2, 0.25) is 0 Å². The van der Waals surface area contributed by atoms with E-state index in [0.717, 1.165) is 22.9 Å². The highest BCUT2D eigenvalue weighted by Gasteiger charge is 2.32. The van der Waals surface area contributed by atoms with Crippen LogP contribution in [0.3, 0.4) is 0 Å². The van der Waals surface area contributed by atoms with Crippen LogP contribution in [0.25, 0.3) is 0 Å². The summed E-state index contributed by atoms with van der Waals surface area (Å²) < 4.78 is 0.998. The Morgan fingerprint density at radius 1 is 1.38 bits per heavy atom. The number of carbonyl (C=O) groups is 2. The summed E-state index contributed by atoms with van der Waals surface area (Å²) >= 11 is 3.43. The van der Waals surface area contributed by atoms with E-state index < -0.39 is 5.97 Å². The Bertz CT molecular complexity index is 517. The van der Waals surface area contributed by atoms with Crippen LogP contribution in [0, 0.1) is 0 Å². The van der Waals surface area contributed by atoms with Crippen molar-refractivity contribution < 1.29 is 14.7 Å². The molecule has 1 fully saturated rings. The van der Waals surface area contributed by atoms with Crippen molar-refractivity contribution in [2.75, 3.05) is 6.54 Å². The molecular formula is C15H19BrN2O3. The SMILES string of the molecule is O=C(O)CCCNC(=O)N(Cc1cccc(Br)c1)C1CC1. The van der Waals surface area contributed by atoms with Crippen molar-refractivity contribution in [1.82, 2.24) is 10.2 Å². The van der Waals surface area contributed by atoms with Gasteiger partial charge in [0.1, 0.15) is 0 Å². The molecule has 1 aromatic rings. The highest BCUT2D eigenvalue weighted by Crippen LogP contribution is 2.28. The molecule has 1 aliphatic rings. The first-order valence-electron chi connectivity index (χ1n) is 7.07. The van der Waals surface area contributed by atoms with E-state index >= 15 is 0 Å². The lowest BCUT2D eigenvalue weighted by Gasteiger charge is -2.23. The van der Waals surface area contributed by atoms with Crippen molar-refractivity contribution in [2.45, 2.75) is 38.3 Å². The maximum atomic E-state index is 12.2. The summed E-state index contributed by atoms with van der Waals surface area (Å²) in [4.78, 5) is 24.5. The molecule has 6 heteroatoms. The van der Waals surface area contributed by atoms with Gasteiger partial charge in [0, 0.05) is 30.0 Å².